The number of esters is 1. The van der Waals surface area contributed by atoms with Crippen molar-refractivity contribution in [3.8, 4) is 0 Å². The molecule has 16 heavy (non-hydrogen) atoms. The van der Waals surface area contributed by atoms with Gasteiger partial charge in [-0.2, -0.15) is 0 Å². The van der Waals surface area contributed by atoms with Crippen molar-refractivity contribution in [2.75, 3.05) is 11.9 Å². The van der Waals surface area contributed by atoms with E-state index in [-0.39, 0.29) is 12.5 Å². The second-order valence-corrected chi connectivity index (χ2v) is 3.34. The summed E-state index contributed by atoms with van der Waals surface area (Å²) >= 11 is 0. The molecule has 4 heteroatoms. The summed E-state index contributed by atoms with van der Waals surface area (Å²) in [4.78, 5) is 21.9. The zero-order valence-electron chi connectivity index (χ0n) is 9.45. The van der Waals surface area contributed by atoms with Crippen LogP contribution in [0.2, 0.25) is 0 Å². The van der Waals surface area contributed by atoms with Gasteiger partial charge in [-0.3, -0.25) is 9.59 Å². The predicted molar refractivity (Wildman–Crippen MR) is 61.1 cm³/mol. The van der Waals surface area contributed by atoms with Gasteiger partial charge in [-0.15, -0.1) is 0 Å². The SMILES string of the molecule is CCc1ccccc1NC(=O)COC(C)=O. The van der Waals surface area contributed by atoms with Gasteiger partial charge < -0.3 is 10.1 Å². The van der Waals surface area contributed by atoms with Gasteiger partial charge in [0, 0.05) is 12.6 Å². The Hall–Kier alpha value is -1.84. The lowest BCUT2D eigenvalue weighted by Gasteiger charge is -2.09. The first-order chi connectivity index (χ1) is 7.63. The molecule has 4 nitrogen and oxygen atoms in total. The molecule has 0 bridgehead atoms. The van der Waals surface area contributed by atoms with Gasteiger partial charge >= 0.3 is 5.97 Å². The third-order valence-electron chi connectivity index (χ3n) is 2.08. The first-order valence-corrected chi connectivity index (χ1v) is 5.14. The Balaban J connectivity index is 2.58. The van der Waals surface area contributed by atoms with Crippen molar-refractivity contribution in [3.63, 3.8) is 0 Å². The van der Waals surface area contributed by atoms with E-state index in [1.807, 2.05) is 31.2 Å². The summed E-state index contributed by atoms with van der Waals surface area (Å²) in [6.45, 7) is 3.04. The van der Waals surface area contributed by atoms with E-state index in [1.54, 1.807) is 0 Å². The van der Waals surface area contributed by atoms with Crippen LogP contribution in [-0.4, -0.2) is 18.5 Å². The van der Waals surface area contributed by atoms with Crippen LogP contribution in [0, 0.1) is 0 Å². The molecule has 1 aromatic carbocycles. The van der Waals surface area contributed by atoms with E-state index in [0.717, 1.165) is 17.7 Å². The number of ether oxygens (including phenoxy) is 1. The molecule has 0 aliphatic heterocycles. The van der Waals surface area contributed by atoms with Crippen molar-refractivity contribution in [1.29, 1.82) is 0 Å². The van der Waals surface area contributed by atoms with Crippen LogP contribution in [0.25, 0.3) is 0 Å². The number of carbonyl (C=O) groups is 2. The molecule has 1 amide bonds. The second-order valence-electron chi connectivity index (χ2n) is 3.34. The van der Waals surface area contributed by atoms with E-state index in [2.05, 4.69) is 10.1 Å². The van der Waals surface area contributed by atoms with E-state index in [4.69, 9.17) is 0 Å². The Bertz CT molecular complexity index is 388. The molecule has 0 spiro atoms. The lowest BCUT2D eigenvalue weighted by molar-refractivity contribution is -0.144. The first kappa shape index (κ1) is 12.2. The number of carbonyl (C=O) groups excluding carboxylic acids is 2. The molecule has 0 radical (unpaired) electrons. The molecule has 1 rings (SSSR count). The largest absolute Gasteiger partial charge is 0.456 e. The van der Waals surface area contributed by atoms with Gasteiger partial charge in [0.25, 0.3) is 5.91 Å². The predicted octanol–water partition coefficient (Wildman–Crippen LogP) is 1.75. The van der Waals surface area contributed by atoms with Crippen LogP contribution in [0.4, 0.5) is 5.69 Å². The third-order valence-corrected chi connectivity index (χ3v) is 2.08. The van der Waals surface area contributed by atoms with Crippen molar-refractivity contribution in [1.82, 2.24) is 0 Å². The Morgan fingerprint density at radius 1 is 1.31 bits per heavy atom. The maximum atomic E-state index is 11.4. The van der Waals surface area contributed by atoms with Gasteiger partial charge in [0.05, 0.1) is 0 Å². The molecule has 0 unspecified atom stereocenters. The van der Waals surface area contributed by atoms with Gasteiger partial charge in [-0.1, -0.05) is 25.1 Å². The highest BCUT2D eigenvalue weighted by Gasteiger charge is 2.06. The van der Waals surface area contributed by atoms with Crippen molar-refractivity contribution < 1.29 is 14.3 Å². The molecule has 86 valence electrons. The number of amides is 1. The minimum atomic E-state index is -0.459. The molecular weight excluding hydrogens is 206 g/mol. The summed E-state index contributed by atoms with van der Waals surface area (Å²) in [5.41, 5.74) is 1.82. The lowest BCUT2D eigenvalue weighted by atomic mass is 10.1. The standard InChI is InChI=1S/C12H15NO3/c1-3-10-6-4-5-7-11(10)13-12(15)8-16-9(2)14/h4-7H,3,8H2,1-2H3,(H,13,15). The molecule has 0 aliphatic rings. The van der Waals surface area contributed by atoms with Gasteiger partial charge in [0.1, 0.15) is 0 Å². The van der Waals surface area contributed by atoms with Crippen molar-refractivity contribution in [2.24, 2.45) is 0 Å². The summed E-state index contributed by atoms with van der Waals surface area (Å²) in [6, 6.07) is 7.53. The molecule has 0 heterocycles. The zero-order valence-corrected chi connectivity index (χ0v) is 9.45. The number of nitrogens with one attached hydrogen (secondary N) is 1. The first-order valence-electron chi connectivity index (χ1n) is 5.14. The maximum absolute atomic E-state index is 11.4. The van der Waals surface area contributed by atoms with Crippen LogP contribution >= 0.6 is 0 Å². The number of para-hydroxylation sites is 1. The summed E-state index contributed by atoms with van der Waals surface area (Å²) in [5.74, 6) is -0.782. The van der Waals surface area contributed by atoms with Crippen molar-refractivity contribution in [3.05, 3.63) is 29.8 Å². The molecule has 0 saturated heterocycles. The van der Waals surface area contributed by atoms with E-state index in [0.29, 0.717) is 0 Å². The van der Waals surface area contributed by atoms with Crippen LogP contribution in [-0.2, 0) is 20.7 Å². The molecule has 0 atom stereocenters. The maximum Gasteiger partial charge on any atom is 0.303 e. The highest BCUT2D eigenvalue weighted by Crippen LogP contribution is 2.14. The Morgan fingerprint density at radius 2 is 2.00 bits per heavy atom. The molecule has 0 fully saturated rings. The van der Waals surface area contributed by atoms with Gasteiger partial charge in [-0.05, 0) is 18.1 Å². The Morgan fingerprint density at radius 3 is 2.62 bits per heavy atom. The van der Waals surface area contributed by atoms with Crippen LogP contribution < -0.4 is 5.32 Å². The zero-order chi connectivity index (χ0) is 12.0. The molecule has 1 N–H and O–H groups in total. The molecule has 1 aromatic rings. The summed E-state index contributed by atoms with van der Waals surface area (Å²) in [6.07, 6.45) is 0.837. The summed E-state index contributed by atoms with van der Waals surface area (Å²) in [7, 11) is 0. The van der Waals surface area contributed by atoms with E-state index < -0.39 is 5.97 Å². The van der Waals surface area contributed by atoms with Gasteiger partial charge in [0.15, 0.2) is 6.61 Å². The van der Waals surface area contributed by atoms with E-state index >= 15 is 0 Å². The number of aryl methyl sites for hydroxylation is 1. The van der Waals surface area contributed by atoms with Crippen LogP contribution in [0.3, 0.4) is 0 Å². The van der Waals surface area contributed by atoms with Crippen LogP contribution in [0.5, 0.6) is 0 Å². The number of hydrogen-bond acceptors (Lipinski definition) is 3. The fourth-order valence-electron chi connectivity index (χ4n) is 1.30. The minimum Gasteiger partial charge on any atom is -0.456 e. The van der Waals surface area contributed by atoms with Crippen LogP contribution in [0.1, 0.15) is 19.4 Å². The fraction of sp³-hybridized carbons (Fsp3) is 0.333. The Kier molecular flexibility index (Phi) is 4.51. The van der Waals surface area contributed by atoms with Crippen molar-refractivity contribution in [2.45, 2.75) is 20.3 Å². The number of rotatable bonds is 4. The highest BCUT2D eigenvalue weighted by atomic mass is 16.5. The molecule has 0 aliphatic carbocycles. The van der Waals surface area contributed by atoms with Crippen LogP contribution in [0.15, 0.2) is 24.3 Å². The van der Waals surface area contributed by atoms with Crippen molar-refractivity contribution >= 4 is 17.6 Å². The summed E-state index contributed by atoms with van der Waals surface area (Å²) < 4.78 is 4.60. The quantitative estimate of drug-likeness (QED) is 0.788. The molecular formula is C12H15NO3. The summed E-state index contributed by atoms with van der Waals surface area (Å²) in [5, 5.41) is 2.70. The van der Waals surface area contributed by atoms with Gasteiger partial charge in [-0.25, -0.2) is 0 Å². The number of benzene rings is 1. The molecule has 0 saturated carbocycles. The second kappa shape index (κ2) is 5.90. The minimum absolute atomic E-state index is 0.243. The number of hydrogen-bond donors (Lipinski definition) is 1. The topological polar surface area (TPSA) is 55.4 Å². The monoisotopic (exact) mass is 221 g/mol. The average Bonchev–Trinajstić information content (AvgIpc) is 2.27. The average molecular weight is 221 g/mol. The number of anilines is 1. The smallest absolute Gasteiger partial charge is 0.303 e. The van der Waals surface area contributed by atoms with Gasteiger partial charge in [0.2, 0.25) is 0 Å². The lowest BCUT2D eigenvalue weighted by Crippen LogP contribution is -2.20. The van der Waals surface area contributed by atoms with E-state index in [1.165, 1.54) is 6.92 Å². The normalized spacial score (nSPS) is 9.62. The van der Waals surface area contributed by atoms with E-state index in [9.17, 15) is 9.59 Å². The fourth-order valence-corrected chi connectivity index (χ4v) is 1.30. The highest BCUT2D eigenvalue weighted by molar-refractivity contribution is 5.93. The third kappa shape index (κ3) is 3.73. The Labute approximate surface area is 94.6 Å². The molecule has 0 aromatic heterocycles.